The van der Waals surface area contributed by atoms with Crippen molar-refractivity contribution in [2.24, 2.45) is 0 Å². The Hall–Kier alpha value is -3.67. The summed E-state index contributed by atoms with van der Waals surface area (Å²) in [6, 6.07) is 20.8. The van der Waals surface area contributed by atoms with Crippen LogP contribution in [0, 0.1) is 0 Å². The van der Waals surface area contributed by atoms with Crippen molar-refractivity contribution in [1.29, 1.82) is 0 Å². The van der Waals surface area contributed by atoms with E-state index in [2.05, 4.69) is 10.6 Å². The van der Waals surface area contributed by atoms with Gasteiger partial charge in [-0.05, 0) is 21.9 Å². The number of nitrogens with one attached hydrogen (secondary N) is 2. The standard InChI is InChI=1S/C24H24N2O4/c1-16(27)25-21(15-18-11-12-19-9-5-6-10-20(19)13-18)23(28)26-22(24(29)30)14-17-7-3-2-4-8-17/h2-13,21-22H,14-15H2,1H3,(H,25,27)(H,26,28)(H,29,30)/t21-,22-/m1/s1. The first kappa shape index (κ1) is 21.0. The molecule has 3 N–H and O–H groups in total. The summed E-state index contributed by atoms with van der Waals surface area (Å²) in [5, 5.41) is 16.9. The van der Waals surface area contributed by atoms with Crippen molar-refractivity contribution in [2.45, 2.75) is 31.8 Å². The van der Waals surface area contributed by atoms with E-state index >= 15 is 0 Å². The number of fused-ring (bicyclic) bond motifs is 1. The van der Waals surface area contributed by atoms with Crippen molar-refractivity contribution in [2.75, 3.05) is 0 Å². The molecule has 0 heterocycles. The average molecular weight is 404 g/mol. The number of rotatable bonds is 8. The molecule has 2 amide bonds. The maximum Gasteiger partial charge on any atom is 0.326 e. The maximum atomic E-state index is 12.9. The topological polar surface area (TPSA) is 95.5 Å². The van der Waals surface area contributed by atoms with Crippen molar-refractivity contribution in [3.8, 4) is 0 Å². The van der Waals surface area contributed by atoms with Crippen LogP contribution in [0.25, 0.3) is 10.8 Å². The number of carbonyl (C=O) groups is 3. The summed E-state index contributed by atoms with van der Waals surface area (Å²) < 4.78 is 0. The number of hydrogen-bond donors (Lipinski definition) is 3. The molecular weight excluding hydrogens is 380 g/mol. The lowest BCUT2D eigenvalue weighted by molar-refractivity contribution is -0.142. The Morgan fingerprint density at radius 2 is 1.40 bits per heavy atom. The average Bonchev–Trinajstić information content (AvgIpc) is 2.73. The van der Waals surface area contributed by atoms with Crippen LogP contribution >= 0.6 is 0 Å². The van der Waals surface area contributed by atoms with Gasteiger partial charge in [0.2, 0.25) is 11.8 Å². The molecule has 0 aromatic heterocycles. The van der Waals surface area contributed by atoms with Crippen LogP contribution in [0.3, 0.4) is 0 Å². The molecule has 30 heavy (non-hydrogen) atoms. The Kier molecular flexibility index (Phi) is 6.80. The van der Waals surface area contributed by atoms with Crippen molar-refractivity contribution < 1.29 is 19.5 Å². The smallest absolute Gasteiger partial charge is 0.326 e. The molecule has 0 radical (unpaired) electrons. The van der Waals surface area contributed by atoms with Crippen LogP contribution in [0.5, 0.6) is 0 Å². The van der Waals surface area contributed by atoms with Gasteiger partial charge in [-0.2, -0.15) is 0 Å². The van der Waals surface area contributed by atoms with Gasteiger partial charge in [-0.15, -0.1) is 0 Å². The second kappa shape index (κ2) is 9.69. The molecule has 0 bridgehead atoms. The first-order valence-corrected chi connectivity index (χ1v) is 9.74. The van der Waals surface area contributed by atoms with Crippen LogP contribution in [0.1, 0.15) is 18.1 Å². The Balaban J connectivity index is 1.76. The van der Waals surface area contributed by atoms with Gasteiger partial charge < -0.3 is 15.7 Å². The van der Waals surface area contributed by atoms with Gasteiger partial charge >= 0.3 is 5.97 Å². The highest BCUT2D eigenvalue weighted by atomic mass is 16.4. The van der Waals surface area contributed by atoms with Crippen molar-refractivity contribution in [3.63, 3.8) is 0 Å². The Morgan fingerprint density at radius 1 is 0.767 bits per heavy atom. The molecule has 0 aliphatic carbocycles. The quantitative estimate of drug-likeness (QED) is 0.538. The summed E-state index contributed by atoms with van der Waals surface area (Å²) in [6.45, 7) is 1.33. The summed E-state index contributed by atoms with van der Waals surface area (Å²) >= 11 is 0. The molecule has 0 saturated carbocycles. The van der Waals surface area contributed by atoms with Crippen LogP contribution in [-0.4, -0.2) is 35.0 Å². The fourth-order valence-electron chi connectivity index (χ4n) is 3.38. The Bertz CT molecular complexity index is 1050. The lowest BCUT2D eigenvalue weighted by Crippen LogP contribution is -2.52. The minimum absolute atomic E-state index is 0.157. The largest absolute Gasteiger partial charge is 0.480 e. The molecule has 6 nitrogen and oxygen atoms in total. The lowest BCUT2D eigenvalue weighted by atomic mass is 10.00. The van der Waals surface area contributed by atoms with E-state index in [1.165, 1.54) is 6.92 Å². The van der Waals surface area contributed by atoms with Gasteiger partial charge in [-0.1, -0.05) is 72.8 Å². The van der Waals surface area contributed by atoms with E-state index in [1.807, 2.05) is 72.8 Å². The van der Waals surface area contributed by atoms with E-state index in [9.17, 15) is 19.5 Å². The van der Waals surface area contributed by atoms with Gasteiger partial charge in [-0.25, -0.2) is 4.79 Å². The first-order valence-electron chi connectivity index (χ1n) is 9.74. The highest BCUT2D eigenvalue weighted by Crippen LogP contribution is 2.17. The van der Waals surface area contributed by atoms with Crippen LogP contribution in [-0.2, 0) is 27.2 Å². The maximum absolute atomic E-state index is 12.9. The van der Waals surface area contributed by atoms with Gasteiger partial charge in [0.05, 0.1) is 0 Å². The number of benzene rings is 3. The van der Waals surface area contributed by atoms with Crippen molar-refractivity contribution in [1.82, 2.24) is 10.6 Å². The molecule has 0 aliphatic heterocycles. The molecule has 0 fully saturated rings. The molecule has 3 rings (SSSR count). The predicted molar refractivity (Wildman–Crippen MR) is 115 cm³/mol. The van der Waals surface area contributed by atoms with Gasteiger partial charge in [0.25, 0.3) is 0 Å². The highest BCUT2D eigenvalue weighted by Gasteiger charge is 2.26. The third kappa shape index (κ3) is 5.67. The Labute approximate surface area is 174 Å². The summed E-state index contributed by atoms with van der Waals surface area (Å²) in [4.78, 5) is 36.2. The zero-order chi connectivity index (χ0) is 21.5. The number of carboxylic acids is 1. The van der Waals surface area contributed by atoms with E-state index in [-0.39, 0.29) is 18.7 Å². The van der Waals surface area contributed by atoms with Crippen LogP contribution in [0.4, 0.5) is 0 Å². The molecule has 0 saturated heterocycles. The number of carboxylic acid groups (broad SMARTS) is 1. The fourth-order valence-corrected chi connectivity index (χ4v) is 3.38. The molecular formula is C24H24N2O4. The summed E-state index contributed by atoms with van der Waals surface area (Å²) in [7, 11) is 0. The monoisotopic (exact) mass is 404 g/mol. The van der Waals surface area contributed by atoms with Gasteiger partial charge in [0.1, 0.15) is 12.1 Å². The minimum atomic E-state index is -1.13. The third-order valence-electron chi connectivity index (χ3n) is 4.84. The number of aliphatic carboxylic acids is 1. The van der Waals surface area contributed by atoms with Crippen molar-refractivity contribution in [3.05, 3.63) is 83.9 Å². The number of hydrogen-bond acceptors (Lipinski definition) is 3. The normalized spacial score (nSPS) is 12.7. The minimum Gasteiger partial charge on any atom is -0.480 e. The fraction of sp³-hybridized carbons (Fsp3) is 0.208. The predicted octanol–water partition coefficient (Wildman–Crippen LogP) is 2.70. The molecule has 0 aliphatic rings. The number of amides is 2. The molecule has 154 valence electrons. The van der Waals surface area contributed by atoms with E-state index < -0.39 is 24.0 Å². The lowest BCUT2D eigenvalue weighted by Gasteiger charge is -2.21. The molecule has 0 unspecified atom stereocenters. The van der Waals surface area contributed by atoms with Crippen LogP contribution in [0.2, 0.25) is 0 Å². The van der Waals surface area contributed by atoms with Gasteiger partial charge in [0.15, 0.2) is 0 Å². The zero-order valence-electron chi connectivity index (χ0n) is 16.7. The second-order valence-electron chi connectivity index (χ2n) is 7.23. The molecule has 6 heteroatoms. The summed E-state index contributed by atoms with van der Waals surface area (Å²) in [5.41, 5.74) is 1.67. The summed E-state index contributed by atoms with van der Waals surface area (Å²) in [6.07, 6.45) is 0.415. The SMILES string of the molecule is CC(=O)N[C@H](Cc1ccc2ccccc2c1)C(=O)N[C@H](Cc1ccccc1)C(=O)O. The van der Waals surface area contributed by atoms with E-state index in [0.29, 0.717) is 0 Å². The van der Waals surface area contributed by atoms with E-state index in [4.69, 9.17) is 0 Å². The van der Waals surface area contributed by atoms with Crippen molar-refractivity contribution >= 4 is 28.6 Å². The Morgan fingerprint density at radius 3 is 2.07 bits per heavy atom. The van der Waals surface area contributed by atoms with E-state index in [0.717, 1.165) is 21.9 Å². The molecule has 0 spiro atoms. The van der Waals surface area contributed by atoms with Crippen LogP contribution in [0.15, 0.2) is 72.8 Å². The highest BCUT2D eigenvalue weighted by molar-refractivity contribution is 5.90. The zero-order valence-corrected chi connectivity index (χ0v) is 16.7. The molecule has 3 aromatic rings. The van der Waals surface area contributed by atoms with Gasteiger partial charge in [-0.3, -0.25) is 9.59 Å². The van der Waals surface area contributed by atoms with Crippen LogP contribution < -0.4 is 10.6 Å². The van der Waals surface area contributed by atoms with Gasteiger partial charge in [0, 0.05) is 19.8 Å². The molecule has 2 atom stereocenters. The first-order chi connectivity index (χ1) is 14.4. The number of carbonyl (C=O) groups excluding carboxylic acids is 2. The summed E-state index contributed by atoms with van der Waals surface area (Å²) in [5.74, 6) is -2.01. The van der Waals surface area contributed by atoms with E-state index in [1.54, 1.807) is 0 Å². The second-order valence-corrected chi connectivity index (χ2v) is 7.23. The third-order valence-corrected chi connectivity index (χ3v) is 4.84. The molecule has 3 aromatic carbocycles.